The third-order valence-corrected chi connectivity index (χ3v) is 2.45. The highest BCUT2D eigenvalue weighted by Crippen LogP contribution is 2.26. The molecule has 12 heavy (non-hydrogen) atoms. The molecule has 1 atom stereocenters. The van der Waals surface area contributed by atoms with Gasteiger partial charge in [-0.15, -0.1) is 0 Å². The van der Waals surface area contributed by atoms with Gasteiger partial charge in [-0.3, -0.25) is 0 Å². The highest BCUT2D eigenvalue weighted by molar-refractivity contribution is 5.36. The van der Waals surface area contributed by atoms with E-state index < -0.39 is 0 Å². The van der Waals surface area contributed by atoms with Crippen LogP contribution in [-0.4, -0.2) is 11.7 Å². The zero-order valence-electron chi connectivity index (χ0n) is 7.17. The van der Waals surface area contributed by atoms with Gasteiger partial charge in [-0.25, -0.2) is 0 Å². The Morgan fingerprint density at radius 1 is 1.50 bits per heavy atom. The second-order valence-electron chi connectivity index (χ2n) is 3.34. The number of aryl methyl sites for hydroxylation is 1. The molecular formula is C10H13NO. The van der Waals surface area contributed by atoms with Crippen LogP contribution in [0.5, 0.6) is 5.75 Å². The average Bonchev–Trinajstić information content (AvgIpc) is 1.93. The van der Waals surface area contributed by atoms with E-state index in [9.17, 15) is 5.11 Å². The van der Waals surface area contributed by atoms with Gasteiger partial charge in [0.1, 0.15) is 5.75 Å². The van der Waals surface area contributed by atoms with E-state index in [1.54, 1.807) is 6.07 Å². The van der Waals surface area contributed by atoms with Crippen LogP contribution in [0, 0.1) is 6.92 Å². The number of phenolic OH excluding ortho intramolecular Hbond substituents is 1. The summed E-state index contributed by atoms with van der Waals surface area (Å²) in [5, 5.41) is 12.6. The molecule has 64 valence electrons. The number of aromatic hydroxyl groups is 1. The molecule has 2 nitrogen and oxygen atoms in total. The molecule has 0 amide bonds. The summed E-state index contributed by atoms with van der Waals surface area (Å²) >= 11 is 0. The van der Waals surface area contributed by atoms with Gasteiger partial charge in [0.2, 0.25) is 0 Å². The van der Waals surface area contributed by atoms with Crippen LogP contribution in [0.25, 0.3) is 0 Å². The largest absolute Gasteiger partial charge is 0.508 e. The standard InChI is InChI=1S/C10H13NO/c1-7-6-8(2-3-10(7)12)9-4-5-11-9/h2-3,6,9,11-12H,4-5H2,1H3/t9-/m1/s1. The Labute approximate surface area is 72.2 Å². The van der Waals surface area contributed by atoms with Gasteiger partial charge in [0, 0.05) is 6.04 Å². The van der Waals surface area contributed by atoms with Crippen molar-refractivity contribution in [1.29, 1.82) is 0 Å². The van der Waals surface area contributed by atoms with Crippen LogP contribution in [0.1, 0.15) is 23.6 Å². The molecular weight excluding hydrogens is 150 g/mol. The van der Waals surface area contributed by atoms with Gasteiger partial charge in [0.05, 0.1) is 0 Å². The molecule has 2 rings (SSSR count). The van der Waals surface area contributed by atoms with Crippen molar-refractivity contribution in [3.05, 3.63) is 29.3 Å². The Balaban J connectivity index is 2.27. The van der Waals surface area contributed by atoms with Crippen molar-refractivity contribution in [3.63, 3.8) is 0 Å². The van der Waals surface area contributed by atoms with E-state index in [4.69, 9.17) is 0 Å². The van der Waals surface area contributed by atoms with E-state index in [0.29, 0.717) is 11.8 Å². The Morgan fingerprint density at radius 2 is 2.25 bits per heavy atom. The van der Waals surface area contributed by atoms with Crippen LogP contribution in [0.3, 0.4) is 0 Å². The molecule has 1 aromatic rings. The Kier molecular flexibility index (Phi) is 1.77. The van der Waals surface area contributed by atoms with Gasteiger partial charge in [-0.2, -0.15) is 0 Å². The van der Waals surface area contributed by atoms with Crippen LogP contribution >= 0.6 is 0 Å². The fourth-order valence-electron chi connectivity index (χ4n) is 1.47. The SMILES string of the molecule is Cc1cc([C@H]2CCN2)ccc1O. The lowest BCUT2D eigenvalue weighted by Crippen LogP contribution is -2.34. The lowest BCUT2D eigenvalue weighted by atomic mass is 9.96. The summed E-state index contributed by atoms with van der Waals surface area (Å²) in [5.74, 6) is 0.387. The first-order valence-electron chi connectivity index (χ1n) is 4.30. The molecule has 0 saturated carbocycles. The van der Waals surface area contributed by atoms with Gasteiger partial charge >= 0.3 is 0 Å². The van der Waals surface area contributed by atoms with E-state index in [0.717, 1.165) is 12.1 Å². The zero-order valence-corrected chi connectivity index (χ0v) is 7.17. The fourth-order valence-corrected chi connectivity index (χ4v) is 1.47. The van der Waals surface area contributed by atoms with Crippen LogP contribution in [0.15, 0.2) is 18.2 Å². The number of hydrogen-bond acceptors (Lipinski definition) is 2. The molecule has 0 bridgehead atoms. The molecule has 0 unspecified atom stereocenters. The second-order valence-corrected chi connectivity index (χ2v) is 3.34. The summed E-state index contributed by atoms with van der Waals surface area (Å²) in [7, 11) is 0. The van der Waals surface area contributed by atoms with Crippen molar-refractivity contribution in [2.24, 2.45) is 0 Å². The summed E-state index contributed by atoms with van der Waals surface area (Å²) in [6, 6.07) is 6.32. The molecule has 0 aromatic heterocycles. The lowest BCUT2D eigenvalue weighted by molar-refractivity contribution is 0.382. The van der Waals surface area contributed by atoms with Crippen molar-refractivity contribution in [1.82, 2.24) is 5.32 Å². The van der Waals surface area contributed by atoms with E-state index in [1.807, 2.05) is 19.1 Å². The van der Waals surface area contributed by atoms with Crippen LogP contribution in [0.2, 0.25) is 0 Å². The first-order valence-corrected chi connectivity index (χ1v) is 4.30. The quantitative estimate of drug-likeness (QED) is 0.661. The summed E-state index contributed by atoms with van der Waals surface area (Å²) in [5.41, 5.74) is 2.25. The molecule has 1 aliphatic heterocycles. The van der Waals surface area contributed by atoms with E-state index >= 15 is 0 Å². The number of rotatable bonds is 1. The summed E-state index contributed by atoms with van der Waals surface area (Å²) in [6.07, 6.45) is 1.21. The molecule has 1 aromatic carbocycles. The second kappa shape index (κ2) is 2.79. The van der Waals surface area contributed by atoms with Crippen molar-refractivity contribution in [2.45, 2.75) is 19.4 Å². The fraction of sp³-hybridized carbons (Fsp3) is 0.400. The zero-order chi connectivity index (χ0) is 8.55. The minimum absolute atomic E-state index is 0.387. The molecule has 1 aliphatic rings. The van der Waals surface area contributed by atoms with Crippen LogP contribution < -0.4 is 5.32 Å². The topological polar surface area (TPSA) is 32.3 Å². The van der Waals surface area contributed by atoms with Crippen LogP contribution in [0.4, 0.5) is 0 Å². The Bertz CT molecular complexity index is 292. The molecule has 2 heteroatoms. The Hall–Kier alpha value is -1.02. The molecule has 0 radical (unpaired) electrons. The third kappa shape index (κ3) is 1.18. The van der Waals surface area contributed by atoms with E-state index in [-0.39, 0.29) is 0 Å². The normalized spacial score (nSPS) is 21.9. The molecule has 1 saturated heterocycles. The highest BCUT2D eigenvalue weighted by Gasteiger charge is 2.18. The molecule has 0 spiro atoms. The average molecular weight is 163 g/mol. The van der Waals surface area contributed by atoms with Crippen molar-refractivity contribution < 1.29 is 5.11 Å². The van der Waals surface area contributed by atoms with Gasteiger partial charge in [0.15, 0.2) is 0 Å². The van der Waals surface area contributed by atoms with Crippen molar-refractivity contribution in [3.8, 4) is 5.75 Å². The van der Waals surface area contributed by atoms with Gasteiger partial charge in [-0.05, 0) is 37.1 Å². The number of nitrogens with one attached hydrogen (secondary N) is 1. The summed E-state index contributed by atoms with van der Waals surface area (Å²) in [4.78, 5) is 0. The minimum atomic E-state index is 0.387. The first kappa shape index (κ1) is 7.62. The molecule has 2 N–H and O–H groups in total. The van der Waals surface area contributed by atoms with Crippen LogP contribution in [-0.2, 0) is 0 Å². The molecule has 0 aliphatic carbocycles. The van der Waals surface area contributed by atoms with Crippen molar-refractivity contribution >= 4 is 0 Å². The minimum Gasteiger partial charge on any atom is -0.508 e. The lowest BCUT2D eigenvalue weighted by Gasteiger charge is -2.28. The Morgan fingerprint density at radius 3 is 2.75 bits per heavy atom. The smallest absolute Gasteiger partial charge is 0.118 e. The number of benzene rings is 1. The maximum absolute atomic E-state index is 9.30. The maximum Gasteiger partial charge on any atom is 0.118 e. The monoisotopic (exact) mass is 163 g/mol. The van der Waals surface area contributed by atoms with E-state index in [2.05, 4.69) is 5.32 Å². The predicted octanol–water partition coefficient (Wildman–Crippen LogP) is 1.74. The number of hydrogen-bond donors (Lipinski definition) is 2. The van der Waals surface area contributed by atoms with Gasteiger partial charge in [-0.1, -0.05) is 12.1 Å². The highest BCUT2D eigenvalue weighted by atomic mass is 16.3. The van der Waals surface area contributed by atoms with Crippen molar-refractivity contribution in [2.75, 3.05) is 6.54 Å². The maximum atomic E-state index is 9.30. The van der Waals surface area contributed by atoms with E-state index in [1.165, 1.54) is 12.0 Å². The first-order chi connectivity index (χ1) is 5.77. The predicted molar refractivity (Wildman–Crippen MR) is 48.2 cm³/mol. The van der Waals surface area contributed by atoms with Gasteiger partial charge in [0.25, 0.3) is 0 Å². The molecule has 1 heterocycles. The summed E-state index contributed by atoms with van der Waals surface area (Å²) in [6.45, 7) is 3.04. The number of phenols is 1. The third-order valence-electron chi connectivity index (χ3n) is 2.45. The van der Waals surface area contributed by atoms with Gasteiger partial charge < -0.3 is 10.4 Å². The summed E-state index contributed by atoms with van der Waals surface area (Å²) < 4.78 is 0. The molecule has 1 fully saturated rings.